The van der Waals surface area contributed by atoms with E-state index in [1.807, 2.05) is 36.4 Å². The number of nitriles is 1. The van der Waals surface area contributed by atoms with E-state index in [1.54, 1.807) is 0 Å². The van der Waals surface area contributed by atoms with Gasteiger partial charge in [0.25, 0.3) is 0 Å². The lowest BCUT2D eigenvalue weighted by atomic mass is 10.0. The smallest absolute Gasteiger partial charge is 0.326 e. The monoisotopic (exact) mass is 345 g/mol. The van der Waals surface area contributed by atoms with E-state index in [4.69, 9.17) is 5.26 Å². The summed E-state index contributed by atoms with van der Waals surface area (Å²) >= 11 is 0. The van der Waals surface area contributed by atoms with E-state index in [0.717, 1.165) is 5.56 Å². The van der Waals surface area contributed by atoms with Crippen molar-refractivity contribution >= 4 is 17.8 Å². The van der Waals surface area contributed by atoms with Crippen LogP contribution < -0.4 is 10.6 Å². The quantitative estimate of drug-likeness (QED) is 0.554. The van der Waals surface area contributed by atoms with Crippen LogP contribution in [-0.2, 0) is 20.8 Å². The molecule has 0 heterocycles. The zero-order chi connectivity index (χ0) is 18.7. The topological polar surface area (TPSA) is 119 Å². The SMILES string of the molecule is CC(=O)N[C@@H](Cc1ccccc1)C(=O)N[C@@H](CCCCC#N)C(=O)O. The summed E-state index contributed by atoms with van der Waals surface area (Å²) in [6.45, 7) is 1.31. The largest absolute Gasteiger partial charge is 0.480 e. The maximum atomic E-state index is 12.4. The maximum Gasteiger partial charge on any atom is 0.326 e. The second-order valence-electron chi connectivity index (χ2n) is 5.75. The molecule has 134 valence electrons. The van der Waals surface area contributed by atoms with Crippen molar-refractivity contribution in [3.8, 4) is 6.07 Å². The molecule has 0 saturated heterocycles. The molecule has 1 rings (SSSR count). The molecule has 1 aromatic rings. The highest BCUT2D eigenvalue weighted by Crippen LogP contribution is 2.07. The van der Waals surface area contributed by atoms with Gasteiger partial charge in [0.2, 0.25) is 11.8 Å². The van der Waals surface area contributed by atoms with Gasteiger partial charge in [-0.15, -0.1) is 0 Å². The Bertz CT molecular complexity index is 625. The molecule has 0 fully saturated rings. The average molecular weight is 345 g/mol. The molecule has 3 N–H and O–H groups in total. The molecule has 0 unspecified atom stereocenters. The summed E-state index contributed by atoms with van der Waals surface area (Å²) in [4.78, 5) is 35.2. The molecule has 25 heavy (non-hydrogen) atoms. The molecule has 7 heteroatoms. The van der Waals surface area contributed by atoms with Crippen LogP contribution in [0.3, 0.4) is 0 Å². The van der Waals surface area contributed by atoms with Crippen LogP contribution in [0.25, 0.3) is 0 Å². The standard InChI is InChI=1S/C18H23N3O4/c1-13(22)20-16(12-14-8-4-2-5-9-14)17(23)21-15(18(24)25)10-6-3-7-11-19/h2,4-5,8-9,15-16H,3,6-7,10,12H2,1H3,(H,20,22)(H,21,23)(H,24,25)/t15-,16-/m0/s1. The Balaban J connectivity index is 2.72. The highest BCUT2D eigenvalue weighted by atomic mass is 16.4. The Morgan fingerprint density at radius 2 is 1.80 bits per heavy atom. The fourth-order valence-corrected chi connectivity index (χ4v) is 2.39. The molecule has 0 radical (unpaired) electrons. The summed E-state index contributed by atoms with van der Waals surface area (Å²) in [7, 11) is 0. The van der Waals surface area contributed by atoms with Crippen molar-refractivity contribution in [1.82, 2.24) is 10.6 Å². The number of carbonyl (C=O) groups is 3. The lowest BCUT2D eigenvalue weighted by Gasteiger charge is -2.21. The van der Waals surface area contributed by atoms with Gasteiger partial charge in [-0.05, 0) is 24.8 Å². The minimum atomic E-state index is -1.13. The molecule has 0 aromatic heterocycles. The van der Waals surface area contributed by atoms with Gasteiger partial charge in [0.15, 0.2) is 0 Å². The summed E-state index contributed by atoms with van der Waals surface area (Å²) in [5, 5.41) is 22.8. The number of carbonyl (C=O) groups excluding carboxylic acids is 2. The third-order valence-corrected chi connectivity index (χ3v) is 3.62. The lowest BCUT2D eigenvalue weighted by Crippen LogP contribution is -2.52. The number of unbranched alkanes of at least 4 members (excludes halogenated alkanes) is 2. The first-order valence-corrected chi connectivity index (χ1v) is 8.15. The molecular formula is C18H23N3O4. The number of hydrogen-bond donors (Lipinski definition) is 3. The summed E-state index contributed by atoms with van der Waals surface area (Å²) in [5.74, 6) is -2.03. The molecule has 2 atom stereocenters. The van der Waals surface area contributed by atoms with Gasteiger partial charge in [-0.3, -0.25) is 9.59 Å². The van der Waals surface area contributed by atoms with Crippen LogP contribution in [-0.4, -0.2) is 35.0 Å². The van der Waals surface area contributed by atoms with Gasteiger partial charge in [0.1, 0.15) is 12.1 Å². The molecule has 0 aliphatic carbocycles. The van der Waals surface area contributed by atoms with Crippen LogP contribution in [0.2, 0.25) is 0 Å². The Kier molecular flexibility index (Phi) is 8.72. The maximum absolute atomic E-state index is 12.4. The van der Waals surface area contributed by atoms with Crippen molar-refractivity contribution in [2.75, 3.05) is 0 Å². The molecule has 2 amide bonds. The van der Waals surface area contributed by atoms with Gasteiger partial charge in [0.05, 0.1) is 6.07 Å². The number of benzene rings is 1. The molecule has 0 aliphatic heterocycles. The number of aliphatic carboxylic acids is 1. The lowest BCUT2D eigenvalue weighted by molar-refractivity contribution is -0.142. The van der Waals surface area contributed by atoms with Gasteiger partial charge >= 0.3 is 5.97 Å². The third-order valence-electron chi connectivity index (χ3n) is 3.62. The van der Waals surface area contributed by atoms with Crippen LogP contribution in [0.1, 0.15) is 38.2 Å². The number of amides is 2. The number of carboxylic acid groups (broad SMARTS) is 1. The van der Waals surface area contributed by atoms with E-state index in [9.17, 15) is 19.5 Å². The number of nitrogens with one attached hydrogen (secondary N) is 2. The van der Waals surface area contributed by atoms with E-state index in [-0.39, 0.29) is 18.7 Å². The first-order valence-electron chi connectivity index (χ1n) is 8.15. The number of carboxylic acids is 1. The molecule has 7 nitrogen and oxygen atoms in total. The minimum Gasteiger partial charge on any atom is -0.480 e. The number of hydrogen-bond acceptors (Lipinski definition) is 4. The summed E-state index contributed by atoms with van der Waals surface area (Å²) < 4.78 is 0. The van der Waals surface area contributed by atoms with Gasteiger partial charge < -0.3 is 15.7 Å². The Morgan fingerprint density at radius 3 is 2.36 bits per heavy atom. The van der Waals surface area contributed by atoms with Crippen molar-refractivity contribution < 1.29 is 19.5 Å². The zero-order valence-corrected chi connectivity index (χ0v) is 14.2. The summed E-state index contributed by atoms with van der Waals surface area (Å²) in [5.41, 5.74) is 0.859. The van der Waals surface area contributed by atoms with Crippen LogP contribution in [0.15, 0.2) is 30.3 Å². The highest BCUT2D eigenvalue weighted by molar-refractivity contribution is 5.90. The Labute approximate surface area is 147 Å². The molecule has 0 bridgehead atoms. The van der Waals surface area contributed by atoms with Crippen LogP contribution in [0.5, 0.6) is 0 Å². The molecular weight excluding hydrogens is 322 g/mol. The van der Waals surface area contributed by atoms with Crippen molar-refractivity contribution in [3.05, 3.63) is 35.9 Å². The van der Waals surface area contributed by atoms with E-state index >= 15 is 0 Å². The van der Waals surface area contributed by atoms with Gasteiger partial charge in [-0.25, -0.2) is 4.79 Å². The second kappa shape index (κ2) is 10.8. The van der Waals surface area contributed by atoms with Crippen LogP contribution in [0.4, 0.5) is 0 Å². The Morgan fingerprint density at radius 1 is 1.12 bits per heavy atom. The van der Waals surface area contributed by atoms with Crippen LogP contribution in [0, 0.1) is 11.3 Å². The molecule has 0 spiro atoms. The molecule has 0 saturated carbocycles. The average Bonchev–Trinajstić information content (AvgIpc) is 2.57. The number of rotatable bonds is 10. The predicted molar refractivity (Wildman–Crippen MR) is 91.4 cm³/mol. The normalized spacial score (nSPS) is 12.5. The van der Waals surface area contributed by atoms with E-state index < -0.39 is 24.0 Å². The van der Waals surface area contributed by atoms with Crippen molar-refractivity contribution in [3.63, 3.8) is 0 Å². The van der Waals surface area contributed by atoms with Crippen molar-refractivity contribution in [2.45, 2.75) is 51.1 Å². The second-order valence-corrected chi connectivity index (χ2v) is 5.75. The van der Waals surface area contributed by atoms with Gasteiger partial charge in [-0.2, -0.15) is 5.26 Å². The summed E-state index contributed by atoms with van der Waals surface area (Å²) in [6.07, 6.45) is 1.96. The Hall–Kier alpha value is -2.88. The predicted octanol–water partition coefficient (Wildman–Crippen LogP) is 1.39. The minimum absolute atomic E-state index is 0.237. The van der Waals surface area contributed by atoms with Gasteiger partial charge in [0, 0.05) is 19.8 Å². The van der Waals surface area contributed by atoms with E-state index in [2.05, 4.69) is 10.6 Å². The first kappa shape index (κ1) is 20.2. The van der Waals surface area contributed by atoms with E-state index in [1.165, 1.54) is 6.92 Å². The van der Waals surface area contributed by atoms with Crippen LogP contribution >= 0.6 is 0 Å². The molecule has 0 aliphatic rings. The highest BCUT2D eigenvalue weighted by Gasteiger charge is 2.25. The number of nitrogens with zero attached hydrogens (tertiary/aromatic N) is 1. The van der Waals surface area contributed by atoms with Crippen molar-refractivity contribution in [1.29, 1.82) is 5.26 Å². The fraction of sp³-hybridized carbons (Fsp3) is 0.444. The summed E-state index contributed by atoms with van der Waals surface area (Å²) in [6, 6.07) is 9.27. The zero-order valence-electron chi connectivity index (χ0n) is 14.2. The molecule has 1 aromatic carbocycles. The van der Waals surface area contributed by atoms with E-state index in [0.29, 0.717) is 19.3 Å². The first-order chi connectivity index (χ1) is 11.9. The van der Waals surface area contributed by atoms with Crippen molar-refractivity contribution in [2.24, 2.45) is 0 Å². The fourth-order valence-electron chi connectivity index (χ4n) is 2.39. The third kappa shape index (κ3) is 7.97. The van der Waals surface area contributed by atoms with Gasteiger partial charge in [-0.1, -0.05) is 30.3 Å².